The summed E-state index contributed by atoms with van der Waals surface area (Å²) < 4.78 is 46.5. The van der Waals surface area contributed by atoms with Gasteiger partial charge in [0, 0.05) is 5.39 Å². The number of alkyl halides is 3. The van der Waals surface area contributed by atoms with E-state index in [0.29, 0.717) is 12.2 Å². The molecule has 0 spiro atoms. The summed E-state index contributed by atoms with van der Waals surface area (Å²) in [5.41, 5.74) is -0.578. The molecule has 1 saturated carbocycles. The highest BCUT2D eigenvalue weighted by atomic mass is 19.4. The van der Waals surface area contributed by atoms with Crippen molar-refractivity contribution < 1.29 is 22.7 Å². The second-order valence-corrected chi connectivity index (χ2v) is 6.36. The first-order valence-corrected chi connectivity index (χ1v) is 8.01. The van der Waals surface area contributed by atoms with Crippen molar-refractivity contribution in [3.8, 4) is 5.75 Å². The zero-order chi connectivity index (χ0) is 17.3. The average Bonchev–Trinajstić information content (AvgIpc) is 2.55. The third-order valence-corrected chi connectivity index (χ3v) is 4.52. The van der Waals surface area contributed by atoms with Crippen LogP contribution in [-0.4, -0.2) is 17.4 Å². The lowest BCUT2D eigenvalue weighted by molar-refractivity contribution is -0.138. The zero-order valence-electron chi connectivity index (χ0n) is 13.3. The van der Waals surface area contributed by atoms with Gasteiger partial charge >= 0.3 is 6.18 Å². The molecule has 128 valence electrons. The number of benzene rings is 1. The molecule has 2 aromatic rings. The fraction of sp³-hybridized carbons (Fsp3) is 0.444. The standard InChI is InChI=1S/C18H18F3NO2/c1-11-2-5-13(6-3-11)24-16-9-8-15-14(17(16)18(19,20)21)7-4-12(10-23)22-15/h4,7-11,13H,2-3,5-6H2,1H3/t11-,13+. The summed E-state index contributed by atoms with van der Waals surface area (Å²) in [7, 11) is 0. The van der Waals surface area contributed by atoms with Crippen LogP contribution in [-0.2, 0) is 6.18 Å². The first kappa shape index (κ1) is 16.7. The number of pyridine rings is 1. The van der Waals surface area contributed by atoms with Crippen LogP contribution in [0.5, 0.6) is 5.75 Å². The molecule has 0 aliphatic heterocycles. The molecule has 24 heavy (non-hydrogen) atoms. The number of hydrogen-bond acceptors (Lipinski definition) is 3. The van der Waals surface area contributed by atoms with Crippen LogP contribution in [0.3, 0.4) is 0 Å². The van der Waals surface area contributed by atoms with Gasteiger partial charge in [0.15, 0.2) is 6.29 Å². The maximum atomic E-state index is 13.6. The first-order chi connectivity index (χ1) is 11.4. The van der Waals surface area contributed by atoms with Gasteiger partial charge in [-0.25, -0.2) is 4.98 Å². The number of nitrogens with zero attached hydrogens (tertiary/aromatic N) is 1. The number of aromatic nitrogens is 1. The molecule has 6 heteroatoms. The molecular formula is C18H18F3NO2. The molecule has 1 fully saturated rings. The number of hydrogen-bond donors (Lipinski definition) is 0. The summed E-state index contributed by atoms with van der Waals surface area (Å²) in [6.07, 6.45) is -0.783. The van der Waals surface area contributed by atoms with E-state index in [1.165, 1.54) is 24.3 Å². The fourth-order valence-corrected chi connectivity index (χ4v) is 3.18. The molecule has 0 atom stereocenters. The van der Waals surface area contributed by atoms with E-state index >= 15 is 0 Å². The van der Waals surface area contributed by atoms with Gasteiger partial charge in [-0.15, -0.1) is 0 Å². The van der Waals surface area contributed by atoms with Gasteiger partial charge in [0.1, 0.15) is 17.0 Å². The molecule has 1 aliphatic carbocycles. The van der Waals surface area contributed by atoms with Crippen molar-refractivity contribution in [1.29, 1.82) is 0 Å². The Hall–Kier alpha value is -2.11. The Morgan fingerprint density at radius 3 is 2.46 bits per heavy atom. The molecule has 3 rings (SSSR count). The van der Waals surface area contributed by atoms with E-state index < -0.39 is 11.7 Å². The zero-order valence-corrected chi connectivity index (χ0v) is 13.3. The van der Waals surface area contributed by atoms with Gasteiger partial charge in [0.2, 0.25) is 0 Å². The number of ether oxygens (including phenoxy) is 1. The van der Waals surface area contributed by atoms with Crippen LogP contribution in [0.25, 0.3) is 10.9 Å². The monoisotopic (exact) mass is 337 g/mol. The maximum Gasteiger partial charge on any atom is 0.420 e. The molecule has 0 amide bonds. The molecule has 1 aromatic carbocycles. The number of aldehydes is 1. The molecular weight excluding hydrogens is 319 g/mol. The van der Waals surface area contributed by atoms with Gasteiger partial charge < -0.3 is 4.74 Å². The molecule has 0 N–H and O–H groups in total. The Balaban J connectivity index is 2.02. The van der Waals surface area contributed by atoms with Crippen molar-refractivity contribution in [2.24, 2.45) is 5.92 Å². The summed E-state index contributed by atoms with van der Waals surface area (Å²) in [6, 6.07) is 5.35. The van der Waals surface area contributed by atoms with Crippen LogP contribution in [0, 0.1) is 5.92 Å². The smallest absolute Gasteiger partial charge is 0.420 e. The predicted octanol–water partition coefficient (Wildman–Crippen LogP) is 5.02. The van der Waals surface area contributed by atoms with E-state index in [9.17, 15) is 18.0 Å². The van der Waals surface area contributed by atoms with Crippen LogP contribution in [0.1, 0.15) is 48.7 Å². The Bertz CT molecular complexity index is 750. The summed E-state index contributed by atoms with van der Waals surface area (Å²) in [5, 5.41) is -0.0465. The number of carbonyl (C=O) groups is 1. The highest BCUT2D eigenvalue weighted by molar-refractivity contribution is 5.88. The van der Waals surface area contributed by atoms with Crippen molar-refractivity contribution >= 4 is 17.2 Å². The van der Waals surface area contributed by atoms with Crippen LogP contribution in [0.15, 0.2) is 24.3 Å². The summed E-state index contributed by atoms with van der Waals surface area (Å²) in [6.45, 7) is 2.14. The first-order valence-electron chi connectivity index (χ1n) is 8.01. The van der Waals surface area contributed by atoms with Crippen molar-refractivity contribution in [2.45, 2.75) is 44.9 Å². The molecule has 1 aliphatic rings. The molecule has 0 bridgehead atoms. The van der Waals surface area contributed by atoms with Crippen LogP contribution in [0.4, 0.5) is 13.2 Å². The second-order valence-electron chi connectivity index (χ2n) is 6.36. The minimum absolute atomic E-state index is 0.0465. The third-order valence-electron chi connectivity index (χ3n) is 4.52. The molecule has 0 unspecified atom stereocenters. The van der Waals surface area contributed by atoms with Gasteiger partial charge in [0.25, 0.3) is 0 Å². The van der Waals surface area contributed by atoms with Gasteiger partial charge in [0.05, 0.1) is 11.6 Å². The minimum atomic E-state index is -4.55. The number of fused-ring (bicyclic) bond motifs is 1. The van der Waals surface area contributed by atoms with E-state index in [-0.39, 0.29) is 28.5 Å². The van der Waals surface area contributed by atoms with Crippen molar-refractivity contribution in [2.75, 3.05) is 0 Å². The minimum Gasteiger partial charge on any atom is -0.490 e. The van der Waals surface area contributed by atoms with Crippen LogP contribution in [0.2, 0.25) is 0 Å². The predicted molar refractivity (Wildman–Crippen MR) is 84.2 cm³/mol. The van der Waals surface area contributed by atoms with Crippen molar-refractivity contribution in [1.82, 2.24) is 4.98 Å². The topological polar surface area (TPSA) is 39.2 Å². The van der Waals surface area contributed by atoms with Gasteiger partial charge in [-0.05, 0) is 55.9 Å². The van der Waals surface area contributed by atoms with E-state index in [1.807, 2.05) is 0 Å². The fourth-order valence-electron chi connectivity index (χ4n) is 3.18. The van der Waals surface area contributed by atoms with Crippen molar-refractivity contribution in [3.63, 3.8) is 0 Å². The lowest BCUT2D eigenvalue weighted by atomic mass is 9.89. The molecule has 0 radical (unpaired) electrons. The second kappa shape index (κ2) is 6.42. The normalized spacial score (nSPS) is 21.7. The van der Waals surface area contributed by atoms with Crippen molar-refractivity contribution in [3.05, 3.63) is 35.5 Å². The van der Waals surface area contributed by atoms with Crippen LogP contribution < -0.4 is 4.74 Å². The van der Waals surface area contributed by atoms with E-state index in [1.54, 1.807) is 0 Å². The Morgan fingerprint density at radius 1 is 1.12 bits per heavy atom. The Labute approximate surface area is 137 Å². The Kier molecular flexibility index (Phi) is 4.47. The Morgan fingerprint density at radius 2 is 1.83 bits per heavy atom. The highest BCUT2D eigenvalue weighted by Crippen LogP contribution is 2.42. The van der Waals surface area contributed by atoms with E-state index in [4.69, 9.17) is 4.74 Å². The number of rotatable bonds is 3. The maximum absolute atomic E-state index is 13.6. The number of carbonyl (C=O) groups excluding carboxylic acids is 1. The third kappa shape index (κ3) is 3.37. The van der Waals surface area contributed by atoms with Gasteiger partial charge in [-0.2, -0.15) is 13.2 Å². The highest BCUT2D eigenvalue weighted by Gasteiger charge is 2.37. The largest absolute Gasteiger partial charge is 0.490 e. The van der Waals surface area contributed by atoms with Gasteiger partial charge in [-0.1, -0.05) is 6.92 Å². The lowest BCUT2D eigenvalue weighted by Crippen LogP contribution is -2.24. The van der Waals surface area contributed by atoms with Gasteiger partial charge in [-0.3, -0.25) is 4.79 Å². The SMILES string of the molecule is C[C@H]1CC[C@@H](Oc2ccc3nc(C=O)ccc3c2C(F)(F)F)CC1. The van der Waals surface area contributed by atoms with E-state index in [2.05, 4.69) is 11.9 Å². The van der Waals surface area contributed by atoms with Crippen LogP contribution >= 0.6 is 0 Å². The number of halogens is 3. The quantitative estimate of drug-likeness (QED) is 0.738. The summed E-state index contributed by atoms with van der Waals surface area (Å²) in [4.78, 5) is 14.7. The molecule has 1 heterocycles. The van der Waals surface area contributed by atoms with E-state index in [0.717, 1.165) is 25.7 Å². The molecule has 3 nitrogen and oxygen atoms in total. The average molecular weight is 337 g/mol. The summed E-state index contributed by atoms with van der Waals surface area (Å²) >= 11 is 0. The molecule has 0 saturated heterocycles. The lowest BCUT2D eigenvalue weighted by Gasteiger charge is -2.28. The molecule has 1 aromatic heterocycles. The summed E-state index contributed by atoms with van der Waals surface area (Å²) in [5.74, 6) is 0.435.